The van der Waals surface area contributed by atoms with E-state index in [1.807, 2.05) is 12.4 Å². The Kier molecular flexibility index (Phi) is 12.4. The molecule has 0 radical (unpaired) electrons. The summed E-state index contributed by atoms with van der Waals surface area (Å²) in [5.41, 5.74) is 2.60. The Morgan fingerprint density at radius 2 is 1.24 bits per heavy atom. The van der Waals surface area contributed by atoms with Crippen LogP contribution in [0.3, 0.4) is 0 Å². The van der Waals surface area contributed by atoms with Gasteiger partial charge in [-0.25, -0.2) is 9.97 Å². The number of unbranched alkanes of at least 4 members (excludes halogenated alkanes) is 7. The average molecular weight is 519 g/mol. The lowest BCUT2D eigenvalue weighted by Gasteiger charge is -2.38. The van der Waals surface area contributed by atoms with Crippen LogP contribution in [0.15, 0.2) is 36.7 Å². The monoisotopic (exact) mass is 518 g/mol. The van der Waals surface area contributed by atoms with Gasteiger partial charge >= 0.3 is 0 Å². The van der Waals surface area contributed by atoms with Gasteiger partial charge in [0.1, 0.15) is 0 Å². The molecule has 1 aromatic heterocycles. The van der Waals surface area contributed by atoms with E-state index < -0.39 is 0 Å². The standard InChI is InChI=1S/C35H54N2O/c1-3-5-7-8-9-11-25-38-34-26-36-35(37-27-34)33-23-21-32(22-24-33)31-19-17-30(18-20-31)29-15-13-28(14-16-29)12-10-6-4-2/h21-24,26-31H,3-20,25H2,1-2H3. The minimum Gasteiger partial charge on any atom is -0.490 e. The van der Waals surface area contributed by atoms with Gasteiger partial charge in [0.2, 0.25) is 0 Å². The number of hydrogen-bond donors (Lipinski definition) is 0. The van der Waals surface area contributed by atoms with Crippen molar-refractivity contribution in [1.29, 1.82) is 0 Å². The van der Waals surface area contributed by atoms with E-state index >= 15 is 0 Å². The van der Waals surface area contributed by atoms with Crippen LogP contribution in [0.2, 0.25) is 0 Å². The van der Waals surface area contributed by atoms with E-state index in [4.69, 9.17) is 4.74 Å². The molecule has 2 aromatic rings. The third kappa shape index (κ3) is 9.09. The van der Waals surface area contributed by atoms with Crippen molar-refractivity contribution in [3.8, 4) is 17.1 Å². The minimum atomic E-state index is 0.726. The first-order chi connectivity index (χ1) is 18.8. The van der Waals surface area contributed by atoms with Gasteiger partial charge in [0.25, 0.3) is 0 Å². The van der Waals surface area contributed by atoms with Gasteiger partial charge in [-0.15, -0.1) is 0 Å². The third-order valence-electron chi connectivity index (χ3n) is 9.58. The maximum absolute atomic E-state index is 5.85. The van der Waals surface area contributed by atoms with Crippen molar-refractivity contribution < 1.29 is 4.74 Å². The Morgan fingerprint density at radius 3 is 1.89 bits per heavy atom. The molecule has 0 spiro atoms. The molecule has 0 amide bonds. The number of aromatic nitrogens is 2. The molecule has 0 saturated heterocycles. The van der Waals surface area contributed by atoms with Crippen LogP contribution < -0.4 is 4.74 Å². The van der Waals surface area contributed by atoms with E-state index in [0.717, 1.165) is 53.8 Å². The van der Waals surface area contributed by atoms with Crippen molar-refractivity contribution in [2.75, 3.05) is 6.61 Å². The van der Waals surface area contributed by atoms with Crippen LogP contribution in [0.1, 0.15) is 141 Å². The van der Waals surface area contributed by atoms with Crippen molar-refractivity contribution in [1.82, 2.24) is 9.97 Å². The molecule has 0 N–H and O–H groups in total. The van der Waals surface area contributed by atoms with E-state index in [0.29, 0.717) is 0 Å². The van der Waals surface area contributed by atoms with Crippen LogP contribution >= 0.6 is 0 Å². The van der Waals surface area contributed by atoms with Crippen LogP contribution in [0.4, 0.5) is 0 Å². The van der Waals surface area contributed by atoms with E-state index in [1.165, 1.54) is 115 Å². The number of benzene rings is 1. The van der Waals surface area contributed by atoms with Crippen molar-refractivity contribution in [2.24, 2.45) is 17.8 Å². The Hall–Kier alpha value is -1.90. The maximum atomic E-state index is 5.85. The summed E-state index contributed by atoms with van der Waals surface area (Å²) in [6, 6.07) is 9.09. The largest absolute Gasteiger partial charge is 0.490 e. The molecular formula is C35H54N2O. The van der Waals surface area contributed by atoms with Crippen molar-refractivity contribution >= 4 is 0 Å². The summed E-state index contributed by atoms with van der Waals surface area (Å²) in [6.45, 7) is 5.33. The molecule has 2 aliphatic rings. The molecule has 0 atom stereocenters. The molecule has 2 fully saturated rings. The maximum Gasteiger partial charge on any atom is 0.159 e. The topological polar surface area (TPSA) is 35.0 Å². The molecule has 2 aliphatic carbocycles. The smallest absolute Gasteiger partial charge is 0.159 e. The van der Waals surface area contributed by atoms with E-state index in [1.54, 1.807) is 0 Å². The summed E-state index contributed by atoms with van der Waals surface area (Å²) in [5.74, 6) is 5.32. The first-order valence-corrected chi connectivity index (χ1v) is 16.3. The SMILES string of the molecule is CCCCCCCCOc1cnc(-c2ccc(C3CCC(C4CCC(CCCCC)CC4)CC3)cc2)nc1. The number of ether oxygens (including phenoxy) is 1. The molecular weight excluding hydrogens is 464 g/mol. The Morgan fingerprint density at radius 1 is 0.658 bits per heavy atom. The van der Waals surface area contributed by atoms with Gasteiger partial charge in [-0.05, 0) is 74.2 Å². The van der Waals surface area contributed by atoms with E-state index in [2.05, 4.69) is 48.1 Å². The van der Waals surface area contributed by atoms with Gasteiger partial charge < -0.3 is 4.74 Å². The van der Waals surface area contributed by atoms with Gasteiger partial charge in [0, 0.05) is 5.56 Å². The van der Waals surface area contributed by atoms with Gasteiger partial charge in [-0.2, -0.15) is 0 Å². The normalized spacial score (nSPS) is 23.8. The summed E-state index contributed by atoms with van der Waals surface area (Å²) in [6.07, 6.45) is 28.6. The van der Waals surface area contributed by atoms with Crippen LogP contribution in [-0.4, -0.2) is 16.6 Å². The second-order valence-electron chi connectivity index (χ2n) is 12.4. The van der Waals surface area contributed by atoms with E-state index in [9.17, 15) is 0 Å². The van der Waals surface area contributed by atoms with Crippen LogP contribution in [0.25, 0.3) is 11.4 Å². The second kappa shape index (κ2) is 16.3. The minimum absolute atomic E-state index is 0.726. The molecule has 3 heteroatoms. The third-order valence-corrected chi connectivity index (χ3v) is 9.58. The van der Waals surface area contributed by atoms with E-state index in [-0.39, 0.29) is 0 Å². The summed E-state index contributed by atoms with van der Waals surface area (Å²) < 4.78 is 5.85. The van der Waals surface area contributed by atoms with Crippen molar-refractivity contribution in [3.63, 3.8) is 0 Å². The van der Waals surface area contributed by atoms with Crippen molar-refractivity contribution in [3.05, 3.63) is 42.2 Å². The fourth-order valence-corrected chi connectivity index (χ4v) is 7.07. The first-order valence-electron chi connectivity index (χ1n) is 16.3. The molecule has 0 aliphatic heterocycles. The van der Waals surface area contributed by atoms with Crippen molar-refractivity contribution in [2.45, 2.75) is 135 Å². The zero-order valence-corrected chi connectivity index (χ0v) is 24.5. The predicted octanol–water partition coefficient (Wildman–Crippen LogP) is 10.5. The molecule has 38 heavy (non-hydrogen) atoms. The predicted molar refractivity (Wildman–Crippen MR) is 161 cm³/mol. The number of hydrogen-bond acceptors (Lipinski definition) is 3. The molecule has 2 saturated carbocycles. The highest BCUT2D eigenvalue weighted by atomic mass is 16.5. The molecule has 3 nitrogen and oxygen atoms in total. The fourth-order valence-electron chi connectivity index (χ4n) is 7.07. The summed E-state index contributed by atoms with van der Waals surface area (Å²) in [7, 11) is 0. The molecule has 1 heterocycles. The lowest BCUT2D eigenvalue weighted by Crippen LogP contribution is -2.25. The van der Waals surface area contributed by atoms with Crippen LogP contribution in [0.5, 0.6) is 5.75 Å². The molecule has 1 aromatic carbocycles. The van der Waals surface area contributed by atoms with Gasteiger partial charge in [-0.3, -0.25) is 0 Å². The Balaban J connectivity index is 1.16. The van der Waals surface area contributed by atoms with Crippen LogP contribution in [-0.2, 0) is 0 Å². The summed E-state index contributed by atoms with van der Waals surface area (Å²) in [4.78, 5) is 9.16. The van der Waals surface area contributed by atoms with Crippen LogP contribution in [0, 0.1) is 17.8 Å². The Labute approximate surface area is 233 Å². The molecule has 4 rings (SSSR count). The lowest BCUT2D eigenvalue weighted by atomic mass is 9.68. The second-order valence-corrected chi connectivity index (χ2v) is 12.4. The zero-order chi connectivity index (χ0) is 26.4. The molecule has 0 unspecified atom stereocenters. The molecule has 210 valence electrons. The summed E-state index contributed by atoms with van der Waals surface area (Å²) in [5, 5.41) is 0. The zero-order valence-electron chi connectivity index (χ0n) is 24.5. The quantitative estimate of drug-likeness (QED) is 0.220. The highest BCUT2D eigenvalue weighted by molar-refractivity contribution is 5.55. The first kappa shape index (κ1) is 29.1. The highest BCUT2D eigenvalue weighted by Crippen LogP contribution is 2.44. The molecule has 0 bridgehead atoms. The fraction of sp³-hybridized carbons (Fsp3) is 0.714. The van der Waals surface area contributed by atoms with Gasteiger partial charge in [-0.1, -0.05) is 109 Å². The average Bonchev–Trinajstić information content (AvgIpc) is 2.98. The summed E-state index contributed by atoms with van der Waals surface area (Å²) >= 11 is 0. The number of nitrogens with zero attached hydrogens (tertiary/aromatic N) is 2. The highest BCUT2D eigenvalue weighted by Gasteiger charge is 2.31. The number of rotatable bonds is 15. The lowest BCUT2D eigenvalue weighted by molar-refractivity contribution is 0.155. The van der Waals surface area contributed by atoms with Gasteiger partial charge in [0.05, 0.1) is 19.0 Å². The Bertz CT molecular complexity index is 877. The van der Waals surface area contributed by atoms with Gasteiger partial charge in [0.15, 0.2) is 11.6 Å².